The number of aliphatic hydroxyl groups is 1. The highest BCUT2D eigenvalue weighted by Crippen LogP contribution is 2.33. The molecule has 0 saturated heterocycles. The first-order valence-corrected chi connectivity index (χ1v) is 8.60. The lowest BCUT2D eigenvalue weighted by atomic mass is 9.86. The van der Waals surface area contributed by atoms with E-state index in [4.69, 9.17) is 34.0 Å². The molecule has 1 aromatic carbocycles. The van der Waals surface area contributed by atoms with Crippen molar-refractivity contribution < 1.29 is 13.5 Å². The number of nitrogen functional groups attached to an aromatic ring is 1. The molecule has 0 spiro atoms. The van der Waals surface area contributed by atoms with Crippen molar-refractivity contribution in [1.29, 1.82) is 0 Å². The zero-order valence-electron chi connectivity index (χ0n) is 12.2. The van der Waals surface area contributed by atoms with Crippen molar-refractivity contribution in [2.24, 2.45) is 5.41 Å². The Labute approximate surface area is 135 Å². The Morgan fingerprint density at radius 1 is 1.29 bits per heavy atom. The topological polar surface area (TPSA) is 92.4 Å². The molecule has 120 valence electrons. The van der Waals surface area contributed by atoms with Gasteiger partial charge >= 0.3 is 0 Å². The van der Waals surface area contributed by atoms with Gasteiger partial charge in [-0.2, -0.15) is 0 Å². The molecule has 0 aliphatic carbocycles. The summed E-state index contributed by atoms with van der Waals surface area (Å²) in [6, 6.07) is 2.21. The molecule has 0 bridgehead atoms. The highest BCUT2D eigenvalue weighted by Gasteiger charge is 2.31. The lowest BCUT2D eigenvalue weighted by Gasteiger charge is -2.31. The van der Waals surface area contributed by atoms with Crippen molar-refractivity contribution in [3.05, 3.63) is 22.2 Å². The summed E-state index contributed by atoms with van der Waals surface area (Å²) in [6.07, 6.45) is 0.285. The van der Waals surface area contributed by atoms with Gasteiger partial charge in [0.2, 0.25) is 10.0 Å². The summed E-state index contributed by atoms with van der Waals surface area (Å²) in [7, 11) is -3.92. The quantitative estimate of drug-likeness (QED) is 0.708. The van der Waals surface area contributed by atoms with E-state index in [1.807, 2.05) is 20.8 Å². The van der Waals surface area contributed by atoms with E-state index in [0.717, 1.165) is 0 Å². The average Bonchev–Trinajstić information content (AvgIpc) is 2.24. The van der Waals surface area contributed by atoms with Crippen molar-refractivity contribution in [2.75, 3.05) is 12.3 Å². The Hall–Kier alpha value is -0.530. The van der Waals surface area contributed by atoms with Crippen LogP contribution in [-0.4, -0.2) is 26.2 Å². The van der Waals surface area contributed by atoms with Crippen LogP contribution in [0.5, 0.6) is 0 Å². The fourth-order valence-electron chi connectivity index (χ4n) is 1.88. The molecule has 0 fully saturated rings. The smallest absolute Gasteiger partial charge is 0.243 e. The third kappa shape index (κ3) is 4.72. The molecule has 0 aliphatic rings. The van der Waals surface area contributed by atoms with Gasteiger partial charge in [0, 0.05) is 18.3 Å². The van der Waals surface area contributed by atoms with E-state index in [9.17, 15) is 8.42 Å². The van der Waals surface area contributed by atoms with Gasteiger partial charge in [0.25, 0.3) is 0 Å². The van der Waals surface area contributed by atoms with Crippen molar-refractivity contribution in [3.63, 3.8) is 0 Å². The van der Waals surface area contributed by atoms with E-state index in [0.29, 0.717) is 0 Å². The van der Waals surface area contributed by atoms with E-state index in [-0.39, 0.29) is 39.1 Å². The first-order valence-electron chi connectivity index (χ1n) is 6.36. The number of aliphatic hydroxyl groups excluding tert-OH is 1. The maximum Gasteiger partial charge on any atom is 0.243 e. The summed E-state index contributed by atoms with van der Waals surface area (Å²) >= 11 is 11.9. The Morgan fingerprint density at radius 2 is 1.76 bits per heavy atom. The molecule has 1 aromatic rings. The molecule has 0 amide bonds. The molecule has 0 aliphatic heterocycles. The zero-order valence-corrected chi connectivity index (χ0v) is 14.5. The maximum atomic E-state index is 12.5. The fraction of sp³-hybridized carbons (Fsp3) is 0.538. The van der Waals surface area contributed by atoms with Gasteiger partial charge in [-0.1, -0.05) is 44.0 Å². The number of rotatable bonds is 5. The zero-order chi connectivity index (χ0) is 16.4. The lowest BCUT2D eigenvalue weighted by Crippen LogP contribution is -2.44. The summed E-state index contributed by atoms with van der Waals surface area (Å²) in [5.74, 6) is 0. The van der Waals surface area contributed by atoms with Gasteiger partial charge in [0.15, 0.2) is 0 Å². The van der Waals surface area contributed by atoms with E-state index in [2.05, 4.69) is 4.72 Å². The second-order valence-corrected chi connectivity index (χ2v) is 8.33. The highest BCUT2D eigenvalue weighted by molar-refractivity contribution is 7.89. The van der Waals surface area contributed by atoms with Crippen LogP contribution in [0.2, 0.25) is 10.0 Å². The summed E-state index contributed by atoms with van der Waals surface area (Å²) in [6.45, 7) is 5.50. The normalized spacial score (nSPS) is 14.2. The first kappa shape index (κ1) is 18.5. The molecule has 1 rings (SSSR count). The van der Waals surface area contributed by atoms with Crippen LogP contribution < -0.4 is 10.5 Å². The molecular weight excluding hydrogens is 335 g/mol. The van der Waals surface area contributed by atoms with Crippen LogP contribution in [0.1, 0.15) is 27.2 Å². The Kier molecular flexibility index (Phi) is 5.91. The number of benzene rings is 1. The minimum Gasteiger partial charge on any atom is -0.399 e. The second kappa shape index (κ2) is 6.71. The minimum absolute atomic E-state index is 0.0378. The molecule has 0 saturated carbocycles. The number of hydrogen-bond acceptors (Lipinski definition) is 4. The van der Waals surface area contributed by atoms with Gasteiger partial charge in [-0.3, -0.25) is 0 Å². The molecule has 0 radical (unpaired) electrons. The third-order valence-corrected chi connectivity index (χ3v) is 5.44. The second-order valence-electron chi connectivity index (χ2n) is 5.87. The standard InChI is InChI=1S/C13H20Cl2N2O3S/c1-13(2,3)11(4-5-18)17-21(19,20)12-9(14)6-8(16)7-10(12)15/h6-7,11,17-18H,4-5,16H2,1-3H3. The number of halogens is 2. The van der Waals surface area contributed by atoms with Gasteiger partial charge in [0.05, 0.1) is 10.0 Å². The lowest BCUT2D eigenvalue weighted by molar-refractivity contribution is 0.214. The summed E-state index contributed by atoms with van der Waals surface area (Å²) in [4.78, 5) is -0.202. The van der Waals surface area contributed by atoms with Gasteiger partial charge in [-0.15, -0.1) is 0 Å². The molecule has 4 N–H and O–H groups in total. The van der Waals surface area contributed by atoms with Crippen LogP contribution in [0.4, 0.5) is 5.69 Å². The number of nitrogens with two attached hydrogens (primary N) is 1. The van der Waals surface area contributed by atoms with Crippen LogP contribution in [0, 0.1) is 5.41 Å². The van der Waals surface area contributed by atoms with Gasteiger partial charge in [-0.25, -0.2) is 13.1 Å². The van der Waals surface area contributed by atoms with Gasteiger partial charge < -0.3 is 10.8 Å². The Balaban J connectivity index is 3.23. The average molecular weight is 355 g/mol. The van der Waals surface area contributed by atoms with Gasteiger partial charge in [0.1, 0.15) is 4.90 Å². The predicted octanol–water partition coefficient (Wildman–Crippen LogP) is 2.65. The van der Waals surface area contributed by atoms with E-state index < -0.39 is 16.1 Å². The Bertz CT molecular complexity index is 589. The van der Waals surface area contributed by atoms with E-state index in [1.165, 1.54) is 12.1 Å². The van der Waals surface area contributed by atoms with Crippen molar-refractivity contribution in [3.8, 4) is 0 Å². The number of sulfonamides is 1. The minimum atomic E-state index is -3.92. The Morgan fingerprint density at radius 3 is 2.14 bits per heavy atom. The van der Waals surface area contributed by atoms with E-state index >= 15 is 0 Å². The largest absolute Gasteiger partial charge is 0.399 e. The summed E-state index contributed by atoms with van der Waals surface area (Å²) < 4.78 is 27.6. The number of nitrogens with one attached hydrogen (secondary N) is 1. The number of hydrogen-bond donors (Lipinski definition) is 3. The molecular formula is C13H20Cl2N2O3S. The van der Waals surface area contributed by atoms with Crippen molar-refractivity contribution >= 4 is 38.9 Å². The molecule has 1 unspecified atom stereocenters. The van der Waals surface area contributed by atoms with E-state index in [1.54, 1.807) is 0 Å². The third-order valence-electron chi connectivity index (χ3n) is 3.05. The van der Waals surface area contributed by atoms with Crippen molar-refractivity contribution in [2.45, 2.75) is 38.1 Å². The van der Waals surface area contributed by atoms with Crippen molar-refractivity contribution in [1.82, 2.24) is 4.72 Å². The van der Waals surface area contributed by atoms with Crippen LogP contribution in [0.15, 0.2) is 17.0 Å². The molecule has 21 heavy (non-hydrogen) atoms. The molecule has 0 heterocycles. The SMILES string of the molecule is CC(C)(C)C(CCO)NS(=O)(=O)c1c(Cl)cc(N)cc1Cl. The highest BCUT2D eigenvalue weighted by atomic mass is 35.5. The molecule has 8 heteroatoms. The van der Waals surface area contributed by atoms with Crippen LogP contribution in [0.25, 0.3) is 0 Å². The molecule has 0 aromatic heterocycles. The summed E-state index contributed by atoms with van der Waals surface area (Å²) in [5.41, 5.74) is 5.48. The van der Waals surface area contributed by atoms with Crippen LogP contribution >= 0.6 is 23.2 Å². The fourth-order valence-corrected chi connectivity index (χ4v) is 4.59. The molecule has 1 atom stereocenters. The molecule has 5 nitrogen and oxygen atoms in total. The monoisotopic (exact) mass is 354 g/mol. The summed E-state index contributed by atoms with van der Waals surface area (Å²) in [5, 5.41) is 9.03. The van der Waals surface area contributed by atoms with Gasteiger partial charge in [-0.05, 0) is 24.0 Å². The first-order chi connectivity index (χ1) is 9.49. The maximum absolute atomic E-state index is 12.5. The number of anilines is 1. The predicted molar refractivity (Wildman–Crippen MR) is 86.1 cm³/mol. The van der Waals surface area contributed by atoms with Crippen LogP contribution in [0.3, 0.4) is 0 Å². The van der Waals surface area contributed by atoms with Crippen LogP contribution in [-0.2, 0) is 10.0 Å².